The quantitative estimate of drug-likeness (QED) is 0.766. The highest BCUT2D eigenvalue weighted by Gasteiger charge is 2.42. The van der Waals surface area contributed by atoms with Crippen LogP contribution in [0.1, 0.15) is 31.3 Å². The number of furan rings is 1. The average molecular weight is 318 g/mol. The van der Waals surface area contributed by atoms with Gasteiger partial charge in [0.05, 0.1) is 6.54 Å². The zero-order chi connectivity index (χ0) is 14.8. The summed E-state index contributed by atoms with van der Waals surface area (Å²) in [6.07, 6.45) is 4.18. The van der Waals surface area contributed by atoms with Crippen molar-refractivity contribution >= 4 is 21.8 Å². The summed E-state index contributed by atoms with van der Waals surface area (Å²) >= 11 is 1.73. The highest BCUT2D eigenvalue weighted by molar-refractivity contribution is 8.00. The van der Waals surface area contributed by atoms with E-state index >= 15 is 0 Å². The Balaban J connectivity index is 2.06. The van der Waals surface area contributed by atoms with Crippen molar-refractivity contribution in [1.82, 2.24) is 10.0 Å². The molecule has 0 aromatic carbocycles. The molecular formula is C13H22N2O3S2. The largest absolute Gasteiger partial charge is 0.464 e. The molecule has 2 N–H and O–H groups in total. The van der Waals surface area contributed by atoms with E-state index in [1.54, 1.807) is 24.8 Å². The number of rotatable bonds is 8. The summed E-state index contributed by atoms with van der Waals surface area (Å²) in [5.74, 6) is 1.09. The van der Waals surface area contributed by atoms with Crippen LogP contribution < -0.4 is 10.0 Å². The van der Waals surface area contributed by atoms with Crippen molar-refractivity contribution in [3.8, 4) is 0 Å². The number of nitrogens with one attached hydrogen (secondary N) is 2. The van der Waals surface area contributed by atoms with Crippen LogP contribution in [0.4, 0.5) is 0 Å². The Morgan fingerprint density at radius 2 is 2.15 bits per heavy atom. The van der Waals surface area contributed by atoms with E-state index in [1.165, 1.54) is 0 Å². The first-order valence-corrected chi connectivity index (χ1v) is 9.48. The molecule has 5 nitrogen and oxygen atoms in total. The van der Waals surface area contributed by atoms with Crippen LogP contribution >= 0.6 is 11.8 Å². The fourth-order valence-corrected chi connectivity index (χ4v) is 4.17. The van der Waals surface area contributed by atoms with Gasteiger partial charge in [0.25, 0.3) is 0 Å². The summed E-state index contributed by atoms with van der Waals surface area (Å²) in [5, 5.41) is 3.12. The fraction of sp³-hybridized carbons (Fsp3) is 0.692. The standard InChI is InChI=1S/C13H22N2O3S2/c1-4-14-8-11-7-12(10(2)18-11)20(16,17)15-9-13(19-3)5-6-13/h7,14-15H,4-6,8-9H2,1-3H3. The van der Waals surface area contributed by atoms with E-state index in [9.17, 15) is 8.42 Å². The molecule has 1 saturated carbocycles. The van der Waals surface area contributed by atoms with Crippen LogP contribution in [0.5, 0.6) is 0 Å². The maximum absolute atomic E-state index is 12.3. The van der Waals surface area contributed by atoms with Gasteiger partial charge in [-0.05, 0) is 32.6 Å². The van der Waals surface area contributed by atoms with Crippen LogP contribution in [0.25, 0.3) is 0 Å². The maximum atomic E-state index is 12.3. The highest BCUT2D eigenvalue weighted by Crippen LogP contribution is 2.46. The van der Waals surface area contributed by atoms with Crippen LogP contribution in [-0.4, -0.2) is 32.5 Å². The van der Waals surface area contributed by atoms with Crippen molar-refractivity contribution < 1.29 is 12.8 Å². The highest BCUT2D eigenvalue weighted by atomic mass is 32.2. The van der Waals surface area contributed by atoms with E-state index in [2.05, 4.69) is 10.0 Å². The molecule has 1 aliphatic carbocycles. The van der Waals surface area contributed by atoms with Gasteiger partial charge in [0.15, 0.2) is 0 Å². The van der Waals surface area contributed by atoms with Gasteiger partial charge in [-0.2, -0.15) is 11.8 Å². The van der Waals surface area contributed by atoms with E-state index in [4.69, 9.17) is 4.42 Å². The molecule has 7 heteroatoms. The molecule has 0 saturated heterocycles. The van der Waals surface area contributed by atoms with Gasteiger partial charge < -0.3 is 9.73 Å². The summed E-state index contributed by atoms with van der Waals surface area (Å²) in [7, 11) is -3.48. The molecule has 0 atom stereocenters. The van der Waals surface area contributed by atoms with Gasteiger partial charge in [0.1, 0.15) is 16.4 Å². The SMILES string of the molecule is CCNCc1cc(S(=O)(=O)NCC2(SC)CC2)c(C)o1. The predicted octanol–water partition coefficient (Wildman–Crippen LogP) is 1.87. The molecule has 1 fully saturated rings. The maximum Gasteiger partial charge on any atom is 0.244 e. The molecule has 0 amide bonds. The van der Waals surface area contributed by atoms with Crippen molar-refractivity contribution in [2.75, 3.05) is 19.3 Å². The number of sulfonamides is 1. The molecule has 1 aromatic rings. The molecule has 114 valence electrons. The first-order chi connectivity index (χ1) is 9.42. The van der Waals surface area contributed by atoms with Gasteiger partial charge in [0.2, 0.25) is 10.0 Å². The van der Waals surface area contributed by atoms with Crippen LogP contribution in [0.2, 0.25) is 0 Å². The summed E-state index contributed by atoms with van der Waals surface area (Å²) in [6.45, 7) is 5.53. The minimum Gasteiger partial charge on any atom is -0.464 e. The number of thioether (sulfide) groups is 1. The van der Waals surface area contributed by atoms with Gasteiger partial charge in [-0.1, -0.05) is 6.92 Å². The molecule has 0 unspecified atom stereocenters. The second-order valence-corrected chi connectivity index (χ2v) is 8.13. The molecule has 0 radical (unpaired) electrons. The van der Waals surface area contributed by atoms with Crippen molar-refractivity contribution in [1.29, 1.82) is 0 Å². The van der Waals surface area contributed by atoms with Crippen molar-refractivity contribution in [3.63, 3.8) is 0 Å². The van der Waals surface area contributed by atoms with E-state index < -0.39 is 10.0 Å². The third-order valence-corrected chi connectivity index (χ3v) is 6.51. The lowest BCUT2D eigenvalue weighted by Gasteiger charge is -2.12. The lowest BCUT2D eigenvalue weighted by molar-refractivity contribution is 0.460. The third-order valence-electron chi connectivity index (χ3n) is 3.59. The average Bonchev–Trinajstić information content (AvgIpc) is 3.11. The molecular weight excluding hydrogens is 296 g/mol. The van der Waals surface area contributed by atoms with Crippen LogP contribution in [-0.2, 0) is 16.6 Å². The fourth-order valence-electron chi connectivity index (χ4n) is 2.02. The summed E-state index contributed by atoms with van der Waals surface area (Å²) < 4.78 is 33.0. The van der Waals surface area contributed by atoms with Crippen LogP contribution in [0, 0.1) is 6.92 Å². The van der Waals surface area contributed by atoms with Gasteiger partial charge in [0, 0.05) is 17.4 Å². The smallest absolute Gasteiger partial charge is 0.244 e. The van der Waals surface area contributed by atoms with Crippen molar-refractivity contribution in [2.45, 2.75) is 42.9 Å². The first-order valence-electron chi connectivity index (χ1n) is 6.77. The van der Waals surface area contributed by atoms with E-state index in [0.717, 1.165) is 19.4 Å². The van der Waals surface area contributed by atoms with E-state index in [0.29, 0.717) is 24.6 Å². The molecule has 1 heterocycles. The second kappa shape index (κ2) is 6.09. The van der Waals surface area contributed by atoms with Gasteiger partial charge in [-0.3, -0.25) is 0 Å². The Hall–Kier alpha value is -0.500. The minimum atomic E-state index is -3.48. The zero-order valence-electron chi connectivity index (χ0n) is 12.2. The molecule has 0 aliphatic heterocycles. The molecule has 1 aromatic heterocycles. The minimum absolute atomic E-state index is 0.108. The number of hydrogen-bond acceptors (Lipinski definition) is 5. The Kier molecular flexibility index (Phi) is 4.84. The van der Waals surface area contributed by atoms with Crippen LogP contribution in [0.3, 0.4) is 0 Å². The number of hydrogen-bond donors (Lipinski definition) is 2. The lowest BCUT2D eigenvalue weighted by atomic mass is 10.4. The topological polar surface area (TPSA) is 71.3 Å². The third kappa shape index (κ3) is 3.58. The van der Waals surface area contributed by atoms with Gasteiger partial charge in [-0.15, -0.1) is 0 Å². The van der Waals surface area contributed by atoms with E-state index in [-0.39, 0.29) is 9.64 Å². The lowest BCUT2D eigenvalue weighted by Crippen LogP contribution is -2.31. The van der Waals surface area contributed by atoms with Gasteiger partial charge in [-0.25, -0.2) is 13.1 Å². The molecule has 0 spiro atoms. The number of aryl methyl sites for hydroxylation is 1. The Morgan fingerprint density at radius 3 is 2.70 bits per heavy atom. The summed E-state index contributed by atoms with van der Waals surface area (Å²) in [4.78, 5) is 0.252. The Morgan fingerprint density at radius 1 is 1.45 bits per heavy atom. The molecule has 0 bridgehead atoms. The normalized spacial score (nSPS) is 17.4. The summed E-state index contributed by atoms with van der Waals surface area (Å²) in [5.41, 5.74) is 0. The van der Waals surface area contributed by atoms with Crippen molar-refractivity contribution in [2.24, 2.45) is 0 Å². The molecule has 2 rings (SSSR count). The Bertz CT molecular complexity index is 562. The molecule has 1 aliphatic rings. The summed E-state index contributed by atoms with van der Waals surface area (Å²) in [6, 6.07) is 1.61. The second-order valence-electron chi connectivity index (χ2n) is 5.13. The predicted molar refractivity (Wildman–Crippen MR) is 81.5 cm³/mol. The Labute approximate surface area is 124 Å². The van der Waals surface area contributed by atoms with E-state index in [1.807, 2.05) is 13.2 Å². The molecule has 20 heavy (non-hydrogen) atoms. The van der Waals surface area contributed by atoms with Gasteiger partial charge >= 0.3 is 0 Å². The van der Waals surface area contributed by atoms with Crippen LogP contribution in [0.15, 0.2) is 15.4 Å². The van der Waals surface area contributed by atoms with Crippen molar-refractivity contribution in [3.05, 3.63) is 17.6 Å². The zero-order valence-corrected chi connectivity index (χ0v) is 13.8. The first kappa shape index (κ1) is 15.9. The monoisotopic (exact) mass is 318 g/mol.